The first-order valence-corrected chi connectivity index (χ1v) is 10.8. The molecule has 1 unspecified atom stereocenters. The van der Waals surface area contributed by atoms with Gasteiger partial charge < -0.3 is 24.1 Å². The van der Waals surface area contributed by atoms with Crippen LogP contribution in [0.2, 0.25) is 0 Å². The van der Waals surface area contributed by atoms with Gasteiger partial charge in [0, 0.05) is 6.54 Å². The molecule has 0 bridgehead atoms. The van der Waals surface area contributed by atoms with Gasteiger partial charge in [-0.05, 0) is 70.7 Å². The molecule has 0 aliphatic carbocycles. The lowest BCUT2D eigenvalue weighted by molar-refractivity contribution is 0.0722. The minimum Gasteiger partial charge on any atom is -0.504 e. The maximum absolute atomic E-state index is 13.6. The Morgan fingerprint density at radius 1 is 1.16 bits per heavy atom. The molecule has 0 radical (unpaired) electrons. The highest BCUT2D eigenvalue weighted by atomic mass is 16.5. The number of phenolic OH excluding ortho intramolecular Hbond substituents is 1. The second-order valence-corrected chi connectivity index (χ2v) is 8.39. The fourth-order valence-corrected chi connectivity index (χ4v) is 4.24. The second-order valence-electron chi connectivity index (χ2n) is 8.39. The molecule has 7 nitrogen and oxygen atoms in total. The number of fused-ring (bicyclic) bond motifs is 2. The number of hydrogen-bond donors (Lipinski definition) is 1. The zero-order valence-electron chi connectivity index (χ0n) is 18.8. The molecule has 1 aliphatic heterocycles. The third kappa shape index (κ3) is 3.84. The standard InChI is InChI=1S/C25H28N2O5/c1-5-31-20-14-16(8-9-18(20)28)22-21-23(29)17-13-15(2)7-10-19(17)32-24(21)25(30)27(22)12-6-11-26(3)4/h7-10,13-14,22,28H,5-6,11-12H2,1-4H3. The minimum atomic E-state index is -0.611. The molecule has 168 valence electrons. The SMILES string of the molecule is CCOc1cc(C2c3c(oc4ccc(C)cc4c3=O)C(=O)N2CCCN(C)C)ccc1O. The first-order chi connectivity index (χ1) is 15.3. The Morgan fingerprint density at radius 2 is 1.94 bits per heavy atom. The van der Waals surface area contributed by atoms with E-state index in [9.17, 15) is 14.7 Å². The smallest absolute Gasteiger partial charge is 0.290 e. The second kappa shape index (κ2) is 8.67. The molecule has 0 saturated carbocycles. The minimum absolute atomic E-state index is 0.0143. The van der Waals surface area contributed by atoms with Gasteiger partial charge in [0.2, 0.25) is 5.76 Å². The molecule has 7 heteroatoms. The summed E-state index contributed by atoms with van der Waals surface area (Å²) in [5.74, 6) is 0.127. The Hall–Kier alpha value is -3.32. The highest BCUT2D eigenvalue weighted by Gasteiger charge is 2.42. The van der Waals surface area contributed by atoms with E-state index in [2.05, 4.69) is 4.90 Å². The van der Waals surface area contributed by atoms with Crippen LogP contribution in [0.15, 0.2) is 45.6 Å². The van der Waals surface area contributed by atoms with Crippen molar-refractivity contribution in [1.82, 2.24) is 9.80 Å². The summed E-state index contributed by atoms with van der Waals surface area (Å²) in [6.07, 6.45) is 0.743. The molecule has 4 rings (SSSR count). The highest BCUT2D eigenvalue weighted by Crippen LogP contribution is 2.40. The molecule has 0 spiro atoms. The summed E-state index contributed by atoms with van der Waals surface area (Å²) < 4.78 is 11.5. The van der Waals surface area contributed by atoms with Gasteiger partial charge in [0.1, 0.15) is 5.58 Å². The van der Waals surface area contributed by atoms with Crippen LogP contribution in [0.25, 0.3) is 11.0 Å². The third-order valence-corrected chi connectivity index (χ3v) is 5.72. The number of nitrogens with zero attached hydrogens (tertiary/aromatic N) is 2. The summed E-state index contributed by atoms with van der Waals surface area (Å²) in [5.41, 5.74) is 2.18. The lowest BCUT2D eigenvalue weighted by atomic mass is 9.97. The van der Waals surface area contributed by atoms with Crippen LogP contribution in [0.5, 0.6) is 11.5 Å². The van der Waals surface area contributed by atoms with Gasteiger partial charge in [-0.2, -0.15) is 0 Å². The number of carbonyl (C=O) groups excluding carboxylic acids is 1. The van der Waals surface area contributed by atoms with E-state index in [0.717, 1.165) is 18.5 Å². The number of aromatic hydroxyl groups is 1. The molecule has 1 aromatic heterocycles. The molecular formula is C25H28N2O5. The quantitative estimate of drug-likeness (QED) is 0.608. The van der Waals surface area contributed by atoms with Crippen molar-refractivity contribution in [1.29, 1.82) is 0 Å². The van der Waals surface area contributed by atoms with Gasteiger partial charge in [0.25, 0.3) is 5.91 Å². The fourth-order valence-electron chi connectivity index (χ4n) is 4.24. The van der Waals surface area contributed by atoms with E-state index >= 15 is 0 Å². The van der Waals surface area contributed by atoms with E-state index in [1.54, 1.807) is 29.2 Å². The van der Waals surface area contributed by atoms with Crippen LogP contribution in [0.3, 0.4) is 0 Å². The first-order valence-electron chi connectivity index (χ1n) is 10.8. The average molecular weight is 437 g/mol. The number of benzene rings is 2. The number of ether oxygens (including phenoxy) is 1. The molecular weight excluding hydrogens is 408 g/mol. The number of phenols is 1. The molecule has 32 heavy (non-hydrogen) atoms. The molecule has 2 heterocycles. The number of amides is 1. The summed E-state index contributed by atoms with van der Waals surface area (Å²) in [7, 11) is 3.96. The molecule has 0 fully saturated rings. The molecule has 1 N–H and O–H groups in total. The van der Waals surface area contributed by atoms with E-state index < -0.39 is 6.04 Å². The summed E-state index contributed by atoms with van der Waals surface area (Å²) in [6, 6.07) is 9.73. The maximum atomic E-state index is 13.6. The van der Waals surface area contributed by atoms with Gasteiger partial charge in [-0.15, -0.1) is 0 Å². The van der Waals surface area contributed by atoms with E-state index in [1.807, 2.05) is 34.0 Å². The predicted octanol–water partition coefficient (Wildman–Crippen LogP) is 3.70. The van der Waals surface area contributed by atoms with Crippen molar-refractivity contribution in [3.05, 3.63) is 69.1 Å². The van der Waals surface area contributed by atoms with E-state index in [0.29, 0.717) is 41.0 Å². The lowest BCUT2D eigenvalue weighted by Crippen LogP contribution is -2.32. The number of aryl methyl sites for hydroxylation is 1. The van der Waals surface area contributed by atoms with Crippen LogP contribution < -0.4 is 10.2 Å². The third-order valence-electron chi connectivity index (χ3n) is 5.72. The monoisotopic (exact) mass is 436 g/mol. The molecule has 1 atom stereocenters. The van der Waals surface area contributed by atoms with Crippen LogP contribution in [0.4, 0.5) is 0 Å². The Balaban J connectivity index is 1.89. The molecule has 1 aliphatic rings. The van der Waals surface area contributed by atoms with Gasteiger partial charge in [0.15, 0.2) is 16.9 Å². The van der Waals surface area contributed by atoms with Gasteiger partial charge in [-0.3, -0.25) is 9.59 Å². The summed E-state index contributed by atoms with van der Waals surface area (Å²) >= 11 is 0. The van der Waals surface area contributed by atoms with Crippen molar-refractivity contribution < 1.29 is 19.1 Å². The normalized spacial score (nSPS) is 15.6. The Labute approximate surface area is 186 Å². The predicted molar refractivity (Wildman–Crippen MR) is 123 cm³/mol. The lowest BCUT2D eigenvalue weighted by Gasteiger charge is -2.26. The zero-order chi connectivity index (χ0) is 23.0. The number of hydrogen-bond acceptors (Lipinski definition) is 6. The van der Waals surface area contributed by atoms with Crippen molar-refractivity contribution in [3.8, 4) is 11.5 Å². The topological polar surface area (TPSA) is 83.2 Å². The largest absolute Gasteiger partial charge is 0.504 e. The van der Waals surface area contributed by atoms with E-state index in [4.69, 9.17) is 9.15 Å². The highest BCUT2D eigenvalue weighted by molar-refractivity contribution is 5.99. The van der Waals surface area contributed by atoms with Crippen LogP contribution >= 0.6 is 0 Å². The van der Waals surface area contributed by atoms with Gasteiger partial charge in [-0.1, -0.05) is 17.7 Å². The summed E-state index contributed by atoms with van der Waals surface area (Å²) in [4.78, 5) is 30.7. The maximum Gasteiger partial charge on any atom is 0.290 e. The Morgan fingerprint density at radius 3 is 2.66 bits per heavy atom. The van der Waals surface area contributed by atoms with Gasteiger partial charge in [0.05, 0.1) is 23.6 Å². The van der Waals surface area contributed by atoms with Crippen molar-refractivity contribution in [3.63, 3.8) is 0 Å². The molecule has 0 saturated heterocycles. The Bertz CT molecular complexity index is 1230. The van der Waals surface area contributed by atoms with Crippen molar-refractivity contribution >= 4 is 16.9 Å². The van der Waals surface area contributed by atoms with Gasteiger partial charge >= 0.3 is 0 Å². The summed E-state index contributed by atoms with van der Waals surface area (Å²) in [5, 5.41) is 10.6. The van der Waals surface area contributed by atoms with Crippen LogP contribution in [0, 0.1) is 6.92 Å². The molecule has 1 amide bonds. The first kappa shape index (κ1) is 21.9. The zero-order valence-corrected chi connectivity index (χ0v) is 18.8. The number of carbonyl (C=O) groups is 1. The fraction of sp³-hybridized carbons (Fsp3) is 0.360. The summed E-state index contributed by atoms with van der Waals surface area (Å²) in [6.45, 7) is 5.39. The van der Waals surface area contributed by atoms with Crippen molar-refractivity contribution in [2.75, 3.05) is 33.8 Å². The average Bonchev–Trinajstić information content (AvgIpc) is 3.02. The van der Waals surface area contributed by atoms with Crippen LogP contribution in [-0.4, -0.2) is 54.6 Å². The molecule has 2 aromatic carbocycles. The van der Waals surface area contributed by atoms with Crippen LogP contribution in [0.1, 0.15) is 46.6 Å². The van der Waals surface area contributed by atoms with E-state index in [1.165, 1.54) is 6.07 Å². The van der Waals surface area contributed by atoms with Crippen molar-refractivity contribution in [2.24, 2.45) is 0 Å². The number of rotatable bonds is 7. The van der Waals surface area contributed by atoms with E-state index in [-0.39, 0.29) is 22.8 Å². The van der Waals surface area contributed by atoms with Gasteiger partial charge in [-0.25, -0.2) is 0 Å². The van der Waals surface area contributed by atoms with Crippen molar-refractivity contribution in [2.45, 2.75) is 26.3 Å². The molecule has 3 aromatic rings. The Kier molecular flexibility index (Phi) is 5.93. The van der Waals surface area contributed by atoms with Crippen LogP contribution in [-0.2, 0) is 0 Å².